The zero-order valence-corrected chi connectivity index (χ0v) is 16.5. The molecule has 7 heteroatoms. The van der Waals surface area contributed by atoms with Crippen molar-refractivity contribution < 1.29 is 19.1 Å². The van der Waals surface area contributed by atoms with Crippen LogP contribution in [-0.2, 0) is 14.3 Å². The van der Waals surface area contributed by atoms with Gasteiger partial charge in [0.2, 0.25) is 0 Å². The molecule has 0 heterocycles. The first-order valence-electron chi connectivity index (χ1n) is 8.93. The largest absolute Gasteiger partial charge is 0.454 e. The van der Waals surface area contributed by atoms with Gasteiger partial charge >= 0.3 is 5.97 Å². The highest BCUT2D eigenvalue weighted by Gasteiger charge is 2.24. The number of ether oxygens (including phenoxy) is 1. The second-order valence-electron chi connectivity index (χ2n) is 6.68. The highest BCUT2D eigenvalue weighted by atomic mass is 35.5. The van der Waals surface area contributed by atoms with E-state index in [1.54, 1.807) is 48.5 Å². The van der Waals surface area contributed by atoms with Crippen LogP contribution in [0.5, 0.6) is 0 Å². The SMILES string of the molecule is CC(C)CC(NC(=O)c1ccc(Cl)cc1)C(=O)OCC(=O)Nc1ccccc1. The van der Waals surface area contributed by atoms with Gasteiger partial charge in [-0.2, -0.15) is 0 Å². The van der Waals surface area contributed by atoms with Gasteiger partial charge in [0.1, 0.15) is 6.04 Å². The zero-order chi connectivity index (χ0) is 20.5. The van der Waals surface area contributed by atoms with E-state index in [9.17, 15) is 14.4 Å². The fourth-order valence-electron chi connectivity index (χ4n) is 2.48. The Kier molecular flexibility index (Phi) is 8.02. The molecule has 0 aliphatic carbocycles. The fraction of sp³-hybridized carbons (Fsp3) is 0.286. The quantitative estimate of drug-likeness (QED) is 0.660. The van der Waals surface area contributed by atoms with E-state index in [1.165, 1.54) is 0 Å². The summed E-state index contributed by atoms with van der Waals surface area (Å²) in [5.74, 6) is -1.37. The fourth-order valence-corrected chi connectivity index (χ4v) is 2.61. The third-order valence-corrected chi connectivity index (χ3v) is 4.06. The van der Waals surface area contributed by atoms with E-state index in [-0.39, 0.29) is 5.92 Å². The predicted molar refractivity (Wildman–Crippen MR) is 108 cm³/mol. The van der Waals surface area contributed by atoms with Crippen molar-refractivity contribution in [1.82, 2.24) is 5.32 Å². The maximum atomic E-state index is 12.4. The van der Waals surface area contributed by atoms with Gasteiger partial charge in [0.05, 0.1) is 0 Å². The molecule has 0 saturated carbocycles. The second-order valence-corrected chi connectivity index (χ2v) is 7.12. The zero-order valence-electron chi connectivity index (χ0n) is 15.8. The molecular formula is C21H23ClN2O4. The van der Waals surface area contributed by atoms with Crippen molar-refractivity contribution in [2.24, 2.45) is 5.92 Å². The van der Waals surface area contributed by atoms with Crippen LogP contribution in [0.3, 0.4) is 0 Å². The number of carbonyl (C=O) groups is 3. The Morgan fingerprint density at radius 1 is 1.00 bits per heavy atom. The molecule has 148 valence electrons. The summed E-state index contributed by atoms with van der Waals surface area (Å²) in [5, 5.41) is 5.81. The number of para-hydroxylation sites is 1. The molecule has 0 aromatic heterocycles. The lowest BCUT2D eigenvalue weighted by molar-refractivity contribution is -0.149. The minimum absolute atomic E-state index is 0.140. The molecule has 0 bridgehead atoms. The lowest BCUT2D eigenvalue weighted by Crippen LogP contribution is -2.43. The molecule has 0 aliphatic rings. The summed E-state index contributed by atoms with van der Waals surface area (Å²) in [6.45, 7) is 3.42. The lowest BCUT2D eigenvalue weighted by Gasteiger charge is -2.19. The Hall–Kier alpha value is -2.86. The standard InChI is InChI=1S/C21H23ClN2O4/c1-14(2)12-18(24-20(26)15-8-10-16(22)11-9-15)21(27)28-13-19(25)23-17-6-4-3-5-7-17/h3-11,14,18H,12-13H2,1-2H3,(H,23,25)(H,24,26). The van der Waals surface area contributed by atoms with E-state index in [0.29, 0.717) is 22.7 Å². The highest BCUT2D eigenvalue weighted by Crippen LogP contribution is 2.12. The van der Waals surface area contributed by atoms with Gasteiger partial charge in [0.15, 0.2) is 6.61 Å². The number of hydrogen-bond acceptors (Lipinski definition) is 4. The minimum Gasteiger partial charge on any atom is -0.454 e. The number of carbonyl (C=O) groups excluding carboxylic acids is 3. The summed E-state index contributed by atoms with van der Waals surface area (Å²) in [5.41, 5.74) is 0.992. The third-order valence-electron chi connectivity index (χ3n) is 3.81. The molecule has 2 N–H and O–H groups in total. The number of nitrogens with one attached hydrogen (secondary N) is 2. The summed E-state index contributed by atoms with van der Waals surface area (Å²) in [6, 6.07) is 14.3. The van der Waals surface area contributed by atoms with E-state index in [4.69, 9.17) is 16.3 Å². The Morgan fingerprint density at radius 3 is 2.25 bits per heavy atom. The van der Waals surface area contributed by atoms with Gasteiger partial charge in [-0.25, -0.2) is 4.79 Å². The molecule has 6 nitrogen and oxygen atoms in total. The maximum absolute atomic E-state index is 12.4. The van der Waals surface area contributed by atoms with Gasteiger partial charge in [-0.05, 0) is 48.7 Å². The van der Waals surface area contributed by atoms with Crippen molar-refractivity contribution in [1.29, 1.82) is 0 Å². The molecule has 0 saturated heterocycles. The molecule has 0 spiro atoms. The molecule has 2 amide bonds. The van der Waals surface area contributed by atoms with Crippen LogP contribution in [0.15, 0.2) is 54.6 Å². The number of benzene rings is 2. The first-order valence-corrected chi connectivity index (χ1v) is 9.31. The molecule has 1 unspecified atom stereocenters. The Balaban J connectivity index is 1.93. The van der Waals surface area contributed by atoms with E-state index < -0.39 is 30.4 Å². The van der Waals surface area contributed by atoms with Crippen LogP contribution < -0.4 is 10.6 Å². The summed E-state index contributed by atoms with van der Waals surface area (Å²) in [6.07, 6.45) is 0.387. The molecular weight excluding hydrogens is 380 g/mol. The second kappa shape index (κ2) is 10.5. The van der Waals surface area contributed by atoms with Gasteiger partial charge in [-0.15, -0.1) is 0 Å². The predicted octanol–water partition coefficient (Wildman–Crippen LogP) is 3.67. The average molecular weight is 403 g/mol. The van der Waals surface area contributed by atoms with Gasteiger partial charge in [-0.1, -0.05) is 43.6 Å². The van der Waals surface area contributed by atoms with E-state index in [2.05, 4.69) is 10.6 Å². The summed E-state index contributed by atoms with van der Waals surface area (Å²) < 4.78 is 5.11. The van der Waals surface area contributed by atoms with Crippen LogP contribution in [0, 0.1) is 5.92 Å². The van der Waals surface area contributed by atoms with Crippen molar-refractivity contribution in [2.45, 2.75) is 26.3 Å². The van der Waals surface area contributed by atoms with Gasteiger partial charge in [0.25, 0.3) is 11.8 Å². The molecule has 2 aromatic carbocycles. The smallest absolute Gasteiger partial charge is 0.329 e. The number of rotatable bonds is 8. The van der Waals surface area contributed by atoms with Crippen molar-refractivity contribution in [3.8, 4) is 0 Å². The highest BCUT2D eigenvalue weighted by molar-refractivity contribution is 6.30. The van der Waals surface area contributed by atoms with Gasteiger partial charge < -0.3 is 15.4 Å². The Morgan fingerprint density at radius 2 is 1.64 bits per heavy atom. The third kappa shape index (κ3) is 7.04. The van der Waals surface area contributed by atoms with Gasteiger partial charge in [-0.3, -0.25) is 9.59 Å². The maximum Gasteiger partial charge on any atom is 0.329 e. The van der Waals surface area contributed by atoms with Crippen molar-refractivity contribution in [3.05, 3.63) is 65.2 Å². The van der Waals surface area contributed by atoms with Crippen LogP contribution in [0.2, 0.25) is 5.02 Å². The Labute approximate surface area is 169 Å². The van der Waals surface area contributed by atoms with Crippen LogP contribution in [0.25, 0.3) is 0 Å². The topological polar surface area (TPSA) is 84.5 Å². The Bertz CT molecular complexity index is 807. The van der Waals surface area contributed by atoms with E-state index >= 15 is 0 Å². The van der Waals surface area contributed by atoms with Crippen molar-refractivity contribution >= 4 is 35.1 Å². The normalized spacial score (nSPS) is 11.6. The first-order chi connectivity index (χ1) is 13.3. The minimum atomic E-state index is -0.854. The van der Waals surface area contributed by atoms with E-state index in [0.717, 1.165) is 0 Å². The number of hydrogen-bond donors (Lipinski definition) is 2. The first kappa shape index (κ1) is 21.4. The van der Waals surface area contributed by atoms with Crippen LogP contribution in [0.1, 0.15) is 30.6 Å². The number of halogens is 1. The monoisotopic (exact) mass is 402 g/mol. The van der Waals surface area contributed by atoms with Gasteiger partial charge in [0, 0.05) is 16.3 Å². The van der Waals surface area contributed by atoms with Crippen molar-refractivity contribution in [3.63, 3.8) is 0 Å². The van der Waals surface area contributed by atoms with Crippen LogP contribution in [0.4, 0.5) is 5.69 Å². The molecule has 2 aromatic rings. The number of anilines is 1. The molecule has 2 rings (SSSR count). The number of esters is 1. The molecule has 0 aliphatic heterocycles. The lowest BCUT2D eigenvalue weighted by atomic mass is 10.0. The van der Waals surface area contributed by atoms with Crippen LogP contribution >= 0.6 is 11.6 Å². The summed E-state index contributed by atoms with van der Waals surface area (Å²) in [4.78, 5) is 36.8. The molecule has 28 heavy (non-hydrogen) atoms. The van der Waals surface area contributed by atoms with Crippen LogP contribution in [-0.4, -0.2) is 30.4 Å². The molecule has 1 atom stereocenters. The average Bonchev–Trinajstić information content (AvgIpc) is 2.66. The molecule has 0 fully saturated rings. The summed E-state index contributed by atoms with van der Waals surface area (Å²) >= 11 is 5.83. The van der Waals surface area contributed by atoms with E-state index in [1.807, 2.05) is 19.9 Å². The van der Waals surface area contributed by atoms with Crippen molar-refractivity contribution in [2.75, 3.05) is 11.9 Å². The molecule has 0 radical (unpaired) electrons. The summed E-state index contributed by atoms with van der Waals surface area (Å²) in [7, 11) is 0. The number of amides is 2.